The van der Waals surface area contributed by atoms with E-state index in [2.05, 4.69) is 5.32 Å². The maximum Gasteiger partial charge on any atom is 0.475 e. The second-order valence-electron chi connectivity index (χ2n) is 9.65. The van der Waals surface area contributed by atoms with Crippen molar-refractivity contribution >= 4 is 36.1 Å². The van der Waals surface area contributed by atoms with Crippen LogP contribution in [0.15, 0.2) is 0 Å². The molecule has 2 amide bonds. The number of rotatable bonds is 7. The Balaban J connectivity index is 1.61. The van der Waals surface area contributed by atoms with E-state index >= 15 is 0 Å². The lowest BCUT2D eigenvalue weighted by Gasteiger charge is -2.43. The Morgan fingerprint density at radius 1 is 1.03 bits per heavy atom. The monoisotopic (exact) mass is 452 g/mol. The summed E-state index contributed by atoms with van der Waals surface area (Å²) in [6.45, 7) is 5.14. The molecule has 8 nitrogen and oxygen atoms in total. The summed E-state index contributed by atoms with van der Waals surface area (Å²) in [6, 6.07) is -1.45. The van der Waals surface area contributed by atoms with Gasteiger partial charge in [-0.3, -0.25) is 9.59 Å². The van der Waals surface area contributed by atoms with Gasteiger partial charge < -0.3 is 30.9 Å². The van der Waals surface area contributed by atoms with Gasteiger partial charge in [-0.1, -0.05) is 45.3 Å². The van der Waals surface area contributed by atoms with E-state index in [1.54, 1.807) is 4.90 Å². The number of nitrogens with zero attached hydrogens (tertiary/aromatic N) is 2. The van der Waals surface area contributed by atoms with Crippen LogP contribution in [-0.4, -0.2) is 80.9 Å². The molecule has 3 aliphatic rings. The average Bonchev–Trinajstić information content (AvgIpc) is 3.21. The molecule has 3 rings (SSSR count). The Labute approximate surface area is 191 Å². The summed E-state index contributed by atoms with van der Waals surface area (Å²) in [5.41, 5.74) is 6.29. The highest BCUT2D eigenvalue weighted by atomic mass is 32.1. The Morgan fingerprint density at radius 3 is 2.26 bits per heavy atom. The second-order valence-corrected chi connectivity index (χ2v) is 10.1. The maximum atomic E-state index is 13.1. The molecule has 0 aromatic rings. The summed E-state index contributed by atoms with van der Waals surface area (Å²) >= 11 is 5.66. The number of nitrogens with two attached hydrogens (primary N) is 1. The van der Waals surface area contributed by atoms with Crippen LogP contribution in [-0.2, 0) is 9.59 Å². The van der Waals surface area contributed by atoms with Gasteiger partial charge in [0.05, 0.1) is 18.0 Å². The van der Waals surface area contributed by atoms with Crippen LogP contribution in [0.3, 0.4) is 0 Å². The fourth-order valence-electron chi connectivity index (χ4n) is 5.13. The predicted molar refractivity (Wildman–Crippen MR) is 124 cm³/mol. The van der Waals surface area contributed by atoms with Gasteiger partial charge in [0.2, 0.25) is 11.8 Å². The molecule has 10 heteroatoms. The normalized spacial score (nSPS) is 26.4. The Kier molecular flexibility index (Phi) is 8.34. The topological polar surface area (TPSA) is 119 Å². The highest BCUT2D eigenvalue weighted by Crippen LogP contribution is 2.29. The number of hydrogen-bond donors (Lipinski definition) is 4. The maximum absolute atomic E-state index is 13.1. The van der Waals surface area contributed by atoms with Gasteiger partial charge in [0.15, 0.2) is 0 Å². The standard InChI is InChI=1S/C21H37BN4O4S/c1-13(2)18(21(31)26-11-6-9-16(26)22(29)30)24-19(27)15-10-12-25(15)20(28)17(23)14-7-4-3-5-8-14/h13-18,29-30H,3-12,23H2,1-2H3,(H,24,27)/t15-,16-,17-,18-/m0/s1. The number of thiocarbonyl (C=S) groups is 1. The molecule has 0 aromatic carbocycles. The van der Waals surface area contributed by atoms with Gasteiger partial charge in [-0.15, -0.1) is 0 Å². The highest BCUT2D eigenvalue weighted by Gasteiger charge is 2.43. The zero-order valence-corrected chi connectivity index (χ0v) is 19.5. The minimum atomic E-state index is -1.47. The van der Waals surface area contributed by atoms with Crippen molar-refractivity contribution in [3.8, 4) is 0 Å². The van der Waals surface area contributed by atoms with E-state index in [9.17, 15) is 19.6 Å². The molecule has 2 aliphatic heterocycles. The molecule has 2 saturated heterocycles. The predicted octanol–water partition coefficient (Wildman–Crippen LogP) is 0.440. The van der Waals surface area contributed by atoms with Gasteiger partial charge >= 0.3 is 7.12 Å². The van der Waals surface area contributed by atoms with Gasteiger partial charge in [-0.25, -0.2) is 0 Å². The van der Waals surface area contributed by atoms with Crippen LogP contribution in [0.5, 0.6) is 0 Å². The van der Waals surface area contributed by atoms with Crippen LogP contribution in [0, 0.1) is 11.8 Å². The summed E-state index contributed by atoms with van der Waals surface area (Å²) < 4.78 is 0. The summed E-state index contributed by atoms with van der Waals surface area (Å²) in [5.74, 6) is -0.538. The summed E-state index contributed by atoms with van der Waals surface area (Å²) in [5, 5.41) is 22.4. The molecular formula is C21H37BN4O4S. The number of hydrogen-bond acceptors (Lipinski definition) is 6. The van der Waals surface area contributed by atoms with Crippen molar-refractivity contribution < 1.29 is 19.6 Å². The number of likely N-dealkylation sites (tertiary alicyclic amines) is 2. The number of carbonyl (C=O) groups is 2. The lowest BCUT2D eigenvalue weighted by Crippen LogP contribution is -2.64. The molecule has 0 spiro atoms. The Morgan fingerprint density at radius 2 is 1.71 bits per heavy atom. The quantitative estimate of drug-likeness (QED) is 0.327. The van der Waals surface area contributed by atoms with Gasteiger partial charge in [0.25, 0.3) is 0 Å². The van der Waals surface area contributed by atoms with Crippen molar-refractivity contribution in [3.63, 3.8) is 0 Å². The molecule has 0 radical (unpaired) electrons. The molecule has 0 aromatic heterocycles. The SMILES string of the molecule is CC(C)[C@H](NC(=O)[C@@H]1CCN1C(=O)[C@@H](N)C1CCCCC1)C(=S)N1CCC[C@H]1B(O)O. The minimum Gasteiger partial charge on any atom is -0.426 e. The van der Waals surface area contributed by atoms with Crippen LogP contribution in [0.4, 0.5) is 0 Å². The second kappa shape index (κ2) is 10.6. The third-order valence-electron chi connectivity index (χ3n) is 7.21. The van der Waals surface area contributed by atoms with Crippen molar-refractivity contribution in [2.75, 3.05) is 13.1 Å². The van der Waals surface area contributed by atoms with Crippen LogP contribution in [0.25, 0.3) is 0 Å². The zero-order chi connectivity index (χ0) is 22.7. The van der Waals surface area contributed by atoms with Crippen molar-refractivity contribution in [1.82, 2.24) is 15.1 Å². The molecule has 0 unspecified atom stereocenters. The number of amides is 2. The molecule has 1 saturated carbocycles. The molecular weight excluding hydrogens is 415 g/mol. The van der Waals surface area contributed by atoms with Crippen LogP contribution in [0.1, 0.15) is 65.2 Å². The molecule has 0 bridgehead atoms. The largest absolute Gasteiger partial charge is 0.475 e. The van der Waals surface area contributed by atoms with Gasteiger partial charge in [-0.2, -0.15) is 0 Å². The zero-order valence-electron chi connectivity index (χ0n) is 18.7. The third kappa shape index (κ3) is 5.41. The molecule has 1 aliphatic carbocycles. The van der Waals surface area contributed by atoms with Crippen molar-refractivity contribution in [1.29, 1.82) is 0 Å². The molecule has 31 heavy (non-hydrogen) atoms. The summed E-state index contributed by atoms with van der Waals surface area (Å²) in [4.78, 5) is 30.0. The molecule has 3 fully saturated rings. The van der Waals surface area contributed by atoms with E-state index in [0.717, 1.165) is 32.1 Å². The van der Waals surface area contributed by atoms with Crippen LogP contribution < -0.4 is 11.1 Å². The average molecular weight is 452 g/mol. The fraction of sp³-hybridized carbons (Fsp3) is 0.857. The van der Waals surface area contributed by atoms with E-state index in [0.29, 0.717) is 30.9 Å². The van der Waals surface area contributed by atoms with Crippen molar-refractivity contribution in [3.05, 3.63) is 0 Å². The molecule has 174 valence electrons. The van der Waals surface area contributed by atoms with E-state index in [1.807, 2.05) is 18.7 Å². The van der Waals surface area contributed by atoms with Crippen LogP contribution in [0.2, 0.25) is 0 Å². The Bertz CT molecular complexity index is 674. The fourth-order valence-corrected chi connectivity index (χ4v) is 5.69. The minimum absolute atomic E-state index is 0.0299. The number of nitrogens with one attached hydrogen (secondary N) is 1. The lowest BCUT2D eigenvalue weighted by atomic mass is 9.77. The first-order valence-corrected chi connectivity index (χ1v) is 12.2. The van der Waals surface area contributed by atoms with Crippen LogP contribution >= 0.6 is 12.2 Å². The van der Waals surface area contributed by atoms with Gasteiger partial charge in [0.1, 0.15) is 11.0 Å². The van der Waals surface area contributed by atoms with E-state index in [-0.39, 0.29) is 23.7 Å². The van der Waals surface area contributed by atoms with E-state index in [1.165, 1.54) is 6.42 Å². The Hall–Kier alpha value is -1.23. The van der Waals surface area contributed by atoms with Crippen molar-refractivity contribution in [2.24, 2.45) is 17.6 Å². The summed E-state index contributed by atoms with van der Waals surface area (Å²) in [7, 11) is -1.47. The van der Waals surface area contributed by atoms with E-state index in [4.69, 9.17) is 18.0 Å². The number of carbonyl (C=O) groups excluding carboxylic acids is 2. The molecule has 5 N–H and O–H groups in total. The van der Waals surface area contributed by atoms with Crippen molar-refractivity contribution in [2.45, 2.75) is 89.3 Å². The lowest BCUT2D eigenvalue weighted by molar-refractivity contribution is -0.149. The van der Waals surface area contributed by atoms with E-state index < -0.39 is 31.2 Å². The first-order chi connectivity index (χ1) is 14.7. The smallest absolute Gasteiger partial charge is 0.426 e. The first-order valence-electron chi connectivity index (χ1n) is 11.8. The first kappa shape index (κ1) is 24.4. The molecule has 2 heterocycles. The van der Waals surface area contributed by atoms with Gasteiger partial charge in [0, 0.05) is 13.1 Å². The highest BCUT2D eigenvalue weighted by molar-refractivity contribution is 7.80. The summed E-state index contributed by atoms with van der Waals surface area (Å²) in [6.07, 6.45) is 7.49. The molecule has 4 atom stereocenters. The van der Waals surface area contributed by atoms with Gasteiger partial charge in [-0.05, 0) is 43.9 Å². The third-order valence-corrected chi connectivity index (χ3v) is 7.69.